The Morgan fingerprint density at radius 3 is 1.64 bits per heavy atom. The van der Waals surface area contributed by atoms with Crippen molar-refractivity contribution in [3.8, 4) is 0 Å². The van der Waals surface area contributed by atoms with Gasteiger partial charge in [0.1, 0.15) is 25.7 Å². The largest absolute Gasteiger partial charge is 1.00 e. The average Bonchev–Trinajstić information content (AvgIpc) is 2.61. The van der Waals surface area contributed by atoms with Crippen molar-refractivity contribution in [3.05, 3.63) is 60.7 Å². The molecule has 4 N–H and O–H groups in total. The summed E-state index contributed by atoms with van der Waals surface area (Å²) in [5.74, 6) is 0. The molecule has 2 aromatic carbocycles. The fraction of sp³-hybridized carbons (Fsp3) is 0.368. The number of halogens is 1. The van der Waals surface area contributed by atoms with E-state index in [9.17, 15) is 5.11 Å². The summed E-state index contributed by atoms with van der Waals surface area (Å²) in [7, 11) is 0. The van der Waals surface area contributed by atoms with Gasteiger partial charge in [0.25, 0.3) is 0 Å². The van der Waals surface area contributed by atoms with Gasteiger partial charge in [0.05, 0.1) is 19.8 Å². The summed E-state index contributed by atoms with van der Waals surface area (Å²) in [4.78, 5) is 3.08. The number of aliphatic hydroxyl groups excluding tert-OH is 3. The lowest BCUT2D eigenvalue weighted by molar-refractivity contribution is -0.903. The predicted octanol–water partition coefficient (Wildman–Crippen LogP) is -2.94. The number of hydrogen-bond acceptors (Lipinski definition) is 4. The molecule has 2 aromatic rings. The molecule has 0 fully saturated rings. The van der Waals surface area contributed by atoms with E-state index in [1.54, 1.807) is 0 Å². The standard InChI is InChI=1S/C19H26N2O3.ClH/c22-13-11-20(12-14-23)15-19(24)16-21(17-7-3-1-4-8-17)18-9-5-2-6-10-18;/h1-10,19,22-24H,11-16H2;1H. The maximum absolute atomic E-state index is 10.5. The minimum atomic E-state index is -0.571. The molecule has 0 bridgehead atoms. The third-order valence-electron chi connectivity index (χ3n) is 3.98. The van der Waals surface area contributed by atoms with Crippen molar-refractivity contribution in [2.75, 3.05) is 44.3 Å². The lowest BCUT2D eigenvalue weighted by Gasteiger charge is -2.29. The van der Waals surface area contributed by atoms with E-state index in [1.807, 2.05) is 60.7 Å². The zero-order chi connectivity index (χ0) is 17.2. The number of nitrogens with one attached hydrogen (secondary N) is 1. The van der Waals surface area contributed by atoms with Crippen molar-refractivity contribution in [2.24, 2.45) is 0 Å². The van der Waals surface area contributed by atoms with Gasteiger partial charge in [0, 0.05) is 11.4 Å². The third-order valence-corrected chi connectivity index (χ3v) is 3.98. The lowest BCUT2D eigenvalue weighted by Crippen LogP contribution is -3.14. The number of hydrogen-bond donors (Lipinski definition) is 4. The minimum absolute atomic E-state index is 0. The highest BCUT2D eigenvalue weighted by atomic mass is 35.5. The molecule has 1 unspecified atom stereocenters. The van der Waals surface area contributed by atoms with E-state index in [2.05, 4.69) is 4.90 Å². The van der Waals surface area contributed by atoms with E-state index < -0.39 is 6.10 Å². The summed E-state index contributed by atoms with van der Waals surface area (Å²) in [5.41, 5.74) is 2.04. The molecule has 0 saturated carbocycles. The van der Waals surface area contributed by atoms with E-state index in [-0.39, 0.29) is 25.6 Å². The van der Waals surface area contributed by atoms with Gasteiger partial charge in [-0.25, -0.2) is 0 Å². The second-order valence-electron chi connectivity index (χ2n) is 5.84. The monoisotopic (exact) mass is 366 g/mol. The Hall–Kier alpha value is -1.63. The van der Waals surface area contributed by atoms with Crippen LogP contribution in [0.15, 0.2) is 60.7 Å². The highest BCUT2D eigenvalue weighted by molar-refractivity contribution is 5.62. The normalized spacial score (nSPS) is 11.8. The zero-order valence-electron chi connectivity index (χ0n) is 14.3. The van der Waals surface area contributed by atoms with Crippen LogP contribution in [0.25, 0.3) is 0 Å². The smallest absolute Gasteiger partial charge is 0.121 e. The minimum Gasteiger partial charge on any atom is -1.00 e. The van der Waals surface area contributed by atoms with Gasteiger partial charge >= 0.3 is 0 Å². The van der Waals surface area contributed by atoms with E-state index in [0.29, 0.717) is 26.2 Å². The van der Waals surface area contributed by atoms with Gasteiger partial charge in [-0.15, -0.1) is 0 Å². The number of rotatable bonds is 10. The van der Waals surface area contributed by atoms with Crippen molar-refractivity contribution in [1.82, 2.24) is 0 Å². The summed E-state index contributed by atoms with van der Waals surface area (Å²) < 4.78 is 0. The number of benzene rings is 2. The molecule has 138 valence electrons. The Morgan fingerprint density at radius 1 is 0.800 bits per heavy atom. The molecule has 0 saturated heterocycles. The molecule has 25 heavy (non-hydrogen) atoms. The van der Waals surface area contributed by atoms with Crippen LogP contribution in [0.4, 0.5) is 11.4 Å². The first kappa shape index (κ1) is 21.4. The van der Waals surface area contributed by atoms with Gasteiger partial charge in [-0.2, -0.15) is 0 Å². The van der Waals surface area contributed by atoms with Crippen LogP contribution >= 0.6 is 0 Å². The van der Waals surface area contributed by atoms with Crippen molar-refractivity contribution < 1.29 is 32.6 Å². The number of para-hydroxylation sites is 2. The van der Waals surface area contributed by atoms with Crippen LogP contribution in [-0.4, -0.2) is 60.8 Å². The molecule has 5 nitrogen and oxygen atoms in total. The number of anilines is 2. The fourth-order valence-electron chi connectivity index (χ4n) is 2.83. The van der Waals surface area contributed by atoms with E-state index in [4.69, 9.17) is 10.2 Å². The molecule has 0 heterocycles. The van der Waals surface area contributed by atoms with Crippen molar-refractivity contribution >= 4 is 11.4 Å². The van der Waals surface area contributed by atoms with Gasteiger partial charge in [-0.05, 0) is 24.3 Å². The molecule has 0 amide bonds. The Kier molecular flexibility index (Phi) is 10.1. The molecule has 1 atom stereocenters. The van der Waals surface area contributed by atoms with Crippen molar-refractivity contribution in [1.29, 1.82) is 0 Å². The molecule has 0 spiro atoms. The van der Waals surface area contributed by atoms with Crippen molar-refractivity contribution in [2.45, 2.75) is 6.10 Å². The molecule has 0 aliphatic rings. The van der Waals surface area contributed by atoms with Gasteiger partial charge in [0.2, 0.25) is 0 Å². The molecule has 0 aromatic heterocycles. The van der Waals surface area contributed by atoms with E-state index >= 15 is 0 Å². The Morgan fingerprint density at radius 2 is 1.24 bits per heavy atom. The zero-order valence-corrected chi connectivity index (χ0v) is 15.0. The number of aliphatic hydroxyl groups is 3. The van der Waals surface area contributed by atoms with Gasteiger partial charge in [0.15, 0.2) is 0 Å². The van der Waals surface area contributed by atoms with Crippen LogP contribution in [0.2, 0.25) is 0 Å². The van der Waals surface area contributed by atoms with Gasteiger partial charge in [-0.3, -0.25) is 0 Å². The highest BCUT2D eigenvalue weighted by Crippen LogP contribution is 2.24. The van der Waals surface area contributed by atoms with Crippen LogP contribution in [0.1, 0.15) is 0 Å². The van der Waals surface area contributed by atoms with Crippen LogP contribution in [0.5, 0.6) is 0 Å². The van der Waals surface area contributed by atoms with Crippen molar-refractivity contribution in [3.63, 3.8) is 0 Å². The van der Waals surface area contributed by atoms with Crippen LogP contribution in [0, 0.1) is 0 Å². The molecule has 0 aliphatic heterocycles. The first-order valence-electron chi connectivity index (χ1n) is 8.35. The quantitative estimate of drug-likeness (QED) is 0.363. The van der Waals surface area contributed by atoms with Crippen LogP contribution in [0.3, 0.4) is 0 Å². The Balaban J connectivity index is 0.00000312. The molecular weight excluding hydrogens is 340 g/mol. The summed E-state index contributed by atoms with van der Waals surface area (Å²) in [5, 5.41) is 28.8. The first-order valence-corrected chi connectivity index (χ1v) is 8.35. The molecular formula is C19H27ClN2O3. The average molecular weight is 367 g/mol. The SMILES string of the molecule is OCC[NH+](CCO)CC(O)CN(c1ccccc1)c1ccccc1.[Cl-]. The van der Waals surface area contributed by atoms with Crippen LogP contribution < -0.4 is 22.2 Å². The van der Waals surface area contributed by atoms with E-state index in [0.717, 1.165) is 16.3 Å². The summed E-state index contributed by atoms with van der Waals surface area (Å²) in [6.45, 7) is 2.07. The van der Waals surface area contributed by atoms with Gasteiger partial charge in [-0.1, -0.05) is 36.4 Å². The predicted molar refractivity (Wildman–Crippen MR) is 95.6 cm³/mol. The number of nitrogens with zero attached hydrogens (tertiary/aromatic N) is 1. The highest BCUT2D eigenvalue weighted by Gasteiger charge is 2.19. The van der Waals surface area contributed by atoms with E-state index in [1.165, 1.54) is 0 Å². The number of quaternary nitrogens is 1. The fourth-order valence-corrected chi connectivity index (χ4v) is 2.83. The second-order valence-corrected chi connectivity index (χ2v) is 5.84. The first-order chi connectivity index (χ1) is 11.7. The topological polar surface area (TPSA) is 68.4 Å². The maximum Gasteiger partial charge on any atom is 0.121 e. The molecule has 2 rings (SSSR count). The summed E-state index contributed by atoms with van der Waals surface area (Å²) in [6, 6.07) is 19.9. The second kappa shape index (κ2) is 11.8. The Labute approximate surface area is 155 Å². The molecule has 0 radical (unpaired) electrons. The maximum atomic E-state index is 10.5. The van der Waals surface area contributed by atoms with Crippen LogP contribution in [-0.2, 0) is 0 Å². The lowest BCUT2D eigenvalue weighted by atomic mass is 10.2. The summed E-state index contributed by atoms with van der Waals surface area (Å²) in [6.07, 6.45) is -0.571. The molecule has 6 heteroatoms. The van der Waals surface area contributed by atoms with Gasteiger partial charge < -0.3 is 37.5 Å². The Bertz CT molecular complexity index is 526. The molecule has 0 aliphatic carbocycles. The summed E-state index contributed by atoms with van der Waals surface area (Å²) >= 11 is 0. The third kappa shape index (κ3) is 7.02.